The summed E-state index contributed by atoms with van der Waals surface area (Å²) in [5, 5.41) is 14.6. The van der Waals surface area contributed by atoms with E-state index in [4.69, 9.17) is 16.7 Å². The lowest BCUT2D eigenvalue weighted by Crippen LogP contribution is -2.45. The number of rotatable bonds is 6. The van der Waals surface area contributed by atoms with Crippen LogP contribution in [-0.4, -0.2) is 30.3 Å². The number of halogens is 2. The molecule has 6 heteroatoms. The standard InChI is InChI=1S/C15H22ClFN2O2/c1-10(6-7-20)19-14(21)18-9-15(2,3)12-5-4-11(17)8-13(12)16/h4-5,8,10,20H,6-7,9H2,1-3H3,(H2,18,19,21)/t10-/m1/s1. The molecule has 0 aliphatic rings. The van der Waals surface area contributed by atoms with Crippen molar-refractivity contribution >= 4 is 17.6 Å². The SMILES string of the molecule is C[C@H](CCO)NC(=O)NCC(C)(C)c1ccc(F)cc1Cl. The molecular weight excluding hydrogens is 295 g/mol. The van der Waals surface area contributed by atoms with E-state index in [0.29, 0.717) is 18.0 Å². The highest BCUT2D eigenvalue weighted by Crippen LogP contribution is 2.29. The molecular formula is C15H22ClFN2O2. The van der Waals surface area contributed by atoms with Crippen LogP contribution in [-0.2, 0) is 5.41 Å². The van der Waals surface area contributed by atoms with E-state index < -0.39 is 5.41 Å². The lowest BCUT2D eigenvalue weighted by Gasteiger charge is -2.27. The second kappa shape index (κ2) is 7.61. The van der Waals surface area contributed by atoms with E-state index in [0.717, 1.165) is 5.56 Å². The predicted molar refractivity (Wildman–Crippen MR) is 82.1 cm³/mol. The fraction of sp³-hybridized carbons (Fsp3) is 0.533. The van der Waals surface area contributed by atoms with Gasteiger partial charge in [-0.2, -0.15) is 0 Å². The van der Waals surface area contributed by atoms with E-state index in [1.54, 1.807) is 6.07 Å². The molecule has 0 aliphatic carbocycles. The molecule has 0 saturated carbocycles. The zero-order valence-corrected chi connectivity index (χ0v) is 13.3. The minimum absolute atomic E-state index is 0.0259. The normalized spacial score (nSPS) is 12.9. The average Bonchev–Trinajstić information content (AvgIpc) is 2.36. The van der Waals surface area contributed by atoms with Gasteiger partial charge in [0.25, 0.3) is 0 Å². The maximum absolute atomic E-state index is 13.1. The first-order valence-corrected chi connectivity index (χ1v) is 7.25. The van der Waals surface area contributed by atoms with Crippen LogP contribution in [0.25, 0.3) is 0 Å². The van der Waals surface area contributed by atoms with Gasteiger partial charge in [-0.3, -0.25) is 0 Å². The lowest BCUT2D eigenvalue weighted by atomic mass is 9.84. The topological polar surface area (TPSA) is 61.4 Å². The molecule has 0 spiro atoms. The second-order valence-corrected chi connectivity index (χ2v) is 6.16. The van der Waals surface area contributed by atoms with Crippen LogP contribution in [0.5, 0.6) is 0 Å². The van der Waals surface area contributed by atoms with Crippen LogP contribution in [0.1, 0.15) is 32.8 Å². The molecule has 0 radical (unpaired) electrons. The van der Waals surface area contributed by atoms with Crippen LogP contribution < -0.4 is 10.6 Å². The molecule has 0 fully saturated rings. The Morgan fingerprint density at radius 1 is 1.48 bits per heavy atom. The van der Waals surface area contributed by atoms with Gasteiger partial charge in [-0.15, -0.1) is 0 Å². The summed E-state index contributed by atoms with van der Waals surface area (Å²) in [7, 11) is 0. The summed E-state index contributed by atoms with van der Waals surface area (Å²) in [4.78, 5) is 11.7. The number of hydrogen-bond acceptors (Lipinski definition) is 2. The molecule has 3 N–H and O–H groups in total. The largest absolute Gasteiger partial charge is 0.396 e. The fourth-order valence-electron chi connectivity index (χ4n) is 1.98. The maximum Gasteiger partial charge on any atom is 0.315 e. The Hall–Kier alpha value is -1.33. The minimum Gasteiger partial charge on any atom is -0.396 e. The Labute approximate surface area is 129 Å². The maximum atomic E-state index is 13.1. The van der Waals surface area contributed by atoms with Crippen molar-refractivity contribution in [2.45, 2.75) is 38.6 Å². The molecule has 4 nitrogen and oxygen atoms in total. The number of hydrogen-bond donors (Lipinski definition) is 3. The lowest BCUT2D eigenvalue weighted by molar-refractivity contribution is 0.229. The van der Waals surface area contributed by atoms with Crippen molar-refractivity contribution in [3.63, 3.8) is 0 Å². The third-order valence-corrected chi connectivity index (χ3v) is 3.60. The van der Waals surface area contributed by atoms with E-state index in [9.17, 15) is 9.18 Å². The monoisotopic (exact) mass is 316 g/mol. The molecule has 0 saturated heterocycles. The third-order valence-electron chi connectivity index (χ3n) is 3.29. The molecule has 1 aromatic carbocycles. The Bertz CT molecular complexity index is 495. The Morgan fingerprint density at radius 3 is 2.71 bits per heavy atom. The van der Waals surface area contributed by atoms with Gasteiger partial charge in [0.05, 0.1) is 0 Å². The summed E-state index contributed by atoms with van der Waals surface area (Å²) in [6.07, 6.45) is 0.501. The Balaban J connectivity index is 2.62. The van der Waals surface area contributed by atoms with Crippen LogP contribution in [0.3, 0.4) is 0 Å². The first-order valence-electron chi connectivity index (χ1n) is 6.87. The molecule has 1 rings (SSSR count). The van der Waals surface area contributed by atoms with Gasteiger partial charge in [-0.05, 0) is 31.0 Å². The number of aliphatic hydroxyl groups excluding tert-OH is 1. The smallest absolute Gasteiger partial charge is 0.315 e. The number of carbonyl (C=O) groups is 1. The van der Waals surface area contributed by atoms with Crippen LogP contribution in [0.4, 0.5) is 9.18 Å². The summed E-state index contributed by atoms with van der Waals surface area (Å²) in [5.41, 5.74) is 0.344. The van der Waals surface area contributed by atoms with Gasteiger partial charge in [0.15, 0.2) is 0 Å². The van der Waals surface area contributed by atoms with Crippen LogP contribution in [0, 0.1) is 5.82 Å². The highest BCUT2D eigenvalue weighted by atomic mass is 35.5. The summed E-state index contributed by atoms with van der Waals surface area (Å²) < 4.78 is 13.1. The van der Waals surface area contributed by atoms with Gasteiger partial charge in [0, 0.05) is 29.6 Å². The van der Waals surface area contributed by atoms with Crippen LogP contribution in [0.15, 0.2) is 18.2 Å². The number of amides is 2. The van der Waals surface area contributed by atoms with Gasteiger partial charge in [0.1, 0.15) is 5.82 Å². The summed E-state index contributed by atoms with van der Waals surface area (Å²) >= 11 is 6.06. The van der Waals surface area contributed by atoms with Crippen molar-refractivity contribution in [1.82, 2.24) is 10.6 Å². The molecule has 1 aromatic rings. The molecule has 1 atom stereocenters. The first kappa shape index (κ1) is 17.7. The van der Waals surface area contributed by atoms with Crippen molar-refractivity contribution in [3.8, 4) is 0 Å². The van der Waals surface area contributed by atoms with E-state index in [1.807, 2.05) is 20.8 Å². The van der Waals surface area contributed by atoms with Gasteiger partial charge < -0.3 is 15.7 Å². The Morgan fingerprint density at radius 2 is 2.14 bits per heavy atom. The molecule has 0 aromatic heterocycles. The molecule has 2 amide bonds. The van der Waals surface area contributed by atoms with Crippen molar-refractivity contribution in [1.29, 1.82) is 0 Å². The first-order chi connectivity index (χ1) is 9.76. The zero-order chi connectivity index (χ0) is 16.0. The molecule has 118 valence electrons. The predicted octanol–water partition coefficient (Wildman–Crippen LogP) is 2.83. The molecule has 0 unspecified atom stereocenters. The third kappa shape index (κ3) is 5.52. The average molecular weight is 317 g/mol. The summed E-state index contributed by atoms with van der Waals surface area (Å²) in [6, 6.07) is 3.84. The zero-order valence-electron chi connectivity index (χ0n) is 12.5. The summed E-state index contributed by atoms with van der Waals surface area (Å²) in [6.45, 7) is 6.04. The minimum atomic E-state index is -0.428. The molecule has 0 bridgehead atoms. The molecule has 0 aliphatic heterocycles. The van der Waals surface area contributed by atoms with Crippen molar-refractivity contribution in [2.24, 2.45) is 0 Å². The van der Waals surface area contributed by atoms with Crippen molar-refractivity contribution in [2.75, 3.05) is 13.2 Å². The van der Waals surface area contributed by atoms with Gasteiger partial charge in [-0.1, -0.05) is 31.5 Å². The number of benzene rings is 1. The molecule has 21 heavy (non-hydrogen) atoms. The van der Waals surface area contributed by atoms with Crippen molar-refractivity contribution < 1.29 is 14.3 Å². The highest BCUT2D eigenvalue weighted by molar-refractivity contribution is 6.31. The van der Waals surface area contributed by atoms with Gasteiger partial charge in [-0.25, -0.2) is 9.18 Å². The van der Waals surface area contributed by atoms with E-state index in [-0.39, 0.29) is 24.5 Å². The number of urea groups is 1. The number of carbonyl (C=O) groups excluding carboxylic acids is 1. The summed E-state index contributed by atoms with van der Waals surface area (Å²) in [5.74, 6) is -0.386. The Kier molecular flexibility index (Phi) is 6.42. The van der Waals surface area contributed by atoms with Gasteiger partial charge in [0.2, 0.25) is 0 Å². The van der Waals surface area contributed by atoms with Crippen LogP contribution >= 0.6 is 11.6 Å². The van der Waals surface area contributed by atoms with E-state index in [2.05, 4.69) is 10.6 Å². The van der Waals surface area contributed by atoms with Crippen LogP contribution in [0.2, 0.25) is 5.02 Å². The highest BCUT2D eigenvalue weighted by Gasteiger charge is 2.24. The molecule has 0 heterocycles. The van der Waals surface area contributed by atoms with E-state index >= 15 is 0 Å². The van der Waals surface area contributed by atoms with Crippen molar-refractivity contribution in [3.05, 3.63) is 34.6 Å². The number of aliphatic hydroxyl groups is 1. The fourth-order valence-corrected chi connectivity index (χ4v) is 2.40. The second-order valence-electron chi connectivity index (χ2n) is 5.75. The van der Waals surface area contributed by atoms with E-state index in [1.165, 1.54) is 12.1 Å². The quantitative estimate of drug-likeness (QED) is 0.755. The number of nitrogens with one attached hydrogen (secondary N) is 2. The van der Waals surface area contributed by atoms with Gasteiger partial charge >= 0.3 is 6.03 Å².